The van der Waals surface area contributed by atoms with Gasteiger partial charge in [0, 0.05) is 5.56 Å². The van der Waals surface area contributed by atoms with Gasteiger partial charge in [-0.05, 0) is 63.9 Å². The van der Waals surface area contributed by atoms with E-state index in [2.05, 4.69) is 10.1 Å². The summed E-state index contributed by atoms with van der Waals surface area (Å²) in [5.74, 6) is 0.648. The van der Waals surface area contributed by atoms with Gasteiger partial charge in [0.05, 0.1) is 6.10 Å². The zero-order valence-electron chi connectivity index (χ0n) is 12.6. The molecule has 2 rings (SSSR count). The molecule has 0 aliphatic carbocycles. The molecule has 1 aliphatic rings. The molecule has 1 saturated heterocycles. The summed E-state index contributed by atoms with van der Waals surface area (Å²) in [6.45, 7) is 5.50. The predicted octanol–water partition coefficient (Wildman–Crippen LogP) is 4.26. The summed E-state index contributed by atoms with van der Waals surface area (Å²) in [5, 5.41) is 3.25. The zero-order chi connectivity index (χ0) is 15.5. The molecule has 22 heavy (non-hydrogen) atoms. The van der Waals surface area contributed by atoms with Gasteiger partial charge in [-0.2, -0.15) is 0 Å². The molecule has 126 valence electrons. The first-order valence-corrected chi connectivity index (χ1v) is 7.12. The van der Waals surface area contributed by atoms with Crippen molar-refractivity contribution in [1.82, 2.24) is 5.32 Å². The summed E-state index contributed by atoms with van der Waals surface area (Å²) in [5.41, 5.74) is 0.798. The van der Waals surface area contributed by atoms with Gasteiger partial charge in [-0.25, -0.2) is 0 Å². The molecule has 0 amide bonds. The molecule has 0 saturated carbocycles. The zero-order valence-corrected chi connectivity index (χ0v) is 13.4. The Balaban J connectivity index is 0.00000242. The number of alkyl halides is 3. The first kappa shape index (κ1) is 18.9. The Bertz CT molecular complexity index is 474. The van der Waals surface area contributed by atoms with Gasteiger partial charge < -0.3 is 14.8 Å². The maximum absolute atomic E-state index is 12.4. The lowest BCUT2D eigenvalue weighted by Crippen LogP contribution is -2.27. The fraction of sp³-hybridized carbons (Fsp3) is 0.600. The fourth-order valence-electron chi connectivity index (χ4n) is 2.54. The molecule has 0 atom stereocenters. The van der Waals surface area contributed by atoms with Crippen LogP contribution in [0.3, 0.4) is 0 Å². The number of rotatable bonds is 4. The van der Waals surface area contributed by atoms with E-state index in [-0.39, 0.29) is 30.2 Å². The SMILES string of the molecule is CC(C)Oc1ccc(OC(F)(F)F)cc1C1CCNCC1.Cl. The van der Waals surface area contributed by atoms with Crippen LogP contribution in [0.25, 0.3) is 0 Å². The van der Waals surface area contributed by atoms with E-state index in [0.717, 1.165) is 31.5 Å². The van der Waals surface area contributed by atoms with Crippen LogP contribution in [0, 0.1) is 0 Å². The molecule has 0 spiro atoms. The largest absolute Gasteiger partial charge is 0.573 e. The second-order valence-electron chi connectivity index (χ2n) is 5.44. The number of halogens is 4. The molecule has 1 aliphatic heterocycles. The van der Waals surface area contributed by atoms with Crippen LogP contribution in [0.2, 0.25) is 0 Å². The lowest BCUT2D eigenvalue weighted by atomic mass is 9.89. The van der Waals surface area contributed by atoms with Gasteiger partial charge >= 0.3 is 6.36 Å². The fourth-order valence-corrected chi connectivity index (χ4v) is 2.54. The maximum atomic E-state index is 12.4. The molecule has 0 bridgehead atoms. The Morgan fingerprint density at radius 2 is 1.82 bits per heavy atom. The molecule has 0 aromatic heterocycles. The van der Waals surface area contributed by atoms with Crippen LogP contribution >= 0.6 is 12.4 Å². The highest BCUT2D eigenvalue weighted by molar-refractivity contribution is 5.85. The minimum atomic E-state index is -4.67. The van der Waals surface area contributed by atoms with E-state index >= 15 is 0 Å². The minimum absolute atomic E-state index is 0. The second kappa shape index (κ2) is 7.92. The first-order valence-electron chi connectivity index (χ1n) is 7.12. The molecule has 1 aromatic carbocycles. The van der Waals surface area contributed by atoms with E-state index in [1.54, 1.807) is 6.07 Å². The predicted molar refractivity (Wildman–Crippen MR) is 81.0 cm³/mol. The molecule has 1 heterocycles. The molecule has 1 aromatic rings. The third-order valence-corrected chi connectivity index (χ3v) is 3.36. The molecule has 0 unspecified atom stereocenters. The summed E-state index contributed by atoms with van der Waals surface area (Å²) in [4.78, 5) is 0. The van der Waals surface area contributed by atoms with Crippen molar-refractivity contribution in [2.75, 3.05) is 13.1 Å². The first-order chi connectivity index (χ1) is 9.85. The summed E-state index contributed by atoms with van der Waals surface area (Å²) >= 11 is 0. The Kier molecular flexibility index (Phi) is 6.81. The van der Waals surface area contributed by atoms with Crippen LogP contribution in [0.15, 0.2) is 18.2 Å². The average Bonchev–Trinajstić information content (AvgIpc) is 2.39. The number of hydrogen-bond donors (Lipinski definition) is 1. The summed E-state index contributed by atoms with van der Waals surface area (Å²) in [6, 6.07) is 4.33. The summed E-state index contributed by atoms with van der Waals surface area (Å²) < 4.78 is 46.8. The Morgan fingerprint density at radius 3 is 2.36 bits per heavy atom. The van der Waals surface area contributed by atoms with Crippen LogP contribution in [0.1, 0.15) is 38.2 Å². The molecule has 7 heteroatoms. The molecule has 0 radical (unpaired) electrons. The van der Waals surface area contributed by atoms with Crippen LogP contribution < -0.4 is 14.8 Å². The standard InChI is InChI=1S/C15H20F3NO2.ClH/c1-10(2)20-14-4-3-12(21-15(16,17)18)9-13(14)11-5-7-19-8-6-11;/h3-4,9-11,19H,5-8H2,1-2H3;1H. The molecule has 1 N–H and O–H groups in total. The van der Waals surface area contributed by atoms with Crippen molar-refractivity contribution < 1.29 is 22.6 Å². The van der Waals surface area contributed by atoms with Gasteiger partial charge in [0.15, 0.2) is 0 Å². The highest BCUT2D eigenvalue weighted by Gasteiger charge is 2.32. The smallest absolute Gasteiger partial charge is 0.491 e. The average molecular weight is 340 g/mol. The lowest BCUT2D eigenvalue weighted by molar-refractivity contribution is -0.274. The van der Waals surface area contributed by atoms with Crippen LogP contribution in [0.5, 0.6) is 11.5 Å². The van der Waals surface area contributed by atoms with Crippen LogP contribution in [-0.4, -0.2) is 25.6 Å². The van der Waals surface area contributed by atoms with Crippen molar-refractivity contribution in [3.63, 3.8) is 0 Å². The van der Waals surface area contributed by atoms with Gasteiger partial charge in [0.1, 0.15) is 11.5 Å². The summed E-state index contributed by atoms with van der Waals surface area (Å²) in [6.07, 6.45) is -2.94. The molecular formula is C15H21ClF3NO2. The molecule has 3 nitrogen and oxygen atoms in total. The van der Waals surface area contributed by atoms with Crippen LogP contribution in [0.4, 0.5) is 13.2 Å². The van der Waals surface area contributed by atoms with Crippen LogP contribution in [-0.2, 0) is 0 Å². The van der Waals surface area contributed by atoms with Crippen molar-refractivity contribution in [3.05, 3.63) is 23.8 Å². The number of piperidine rings is 1. The Hall–Kier alpha value is -1.14. The number of hydrogen-bond acceptors (Lipinski definition) is 3. The van der Waals surface area contributed by atoms with E-state index < -0.39 is 6.36 Å². The third kappa shape index (κ3) is 5.57. The maximum Gasteiger partial charge on any atom is 0.573 e. The topological polar surface area (TPSA) is 30.5 Å². The Morgan fingerprint density at radius 1 is 1.18 bits per heavy atom. The number of ether oxygens (including phenoxy) is 2. The van der Waals surface area contributed by atoms with E-state index in [9.17, 15) is 13.2 Å². The quantitative estimate of drug-likeness (QED) is 0.889. The van der Waals surface area contributed by atoms with E-state index in [1.165, 1.54) is 12.1 Å². The van der Waals surface area contributed by atoms with E-state index in [1.807, 2.05) is 13.8 Å². The van der Waals surface area contributed by atoms with Crippen molar-refractivity contribution in [2.24, 2.45) is 0 Å². The van der Waals surface area contributed by atoms with Crippen molar-refractivity contribution in [1.29, 1.82) is 0 Å². The van der Waals surface area contributed by atoms with Gasteiger partial charge in [-0.3, -0.25) is 0 Å². The van der Waals surface area contributed by atoms with Gasteiger partial charge in [-0.1, -0.05) is 0 Å². The lowest BCUT2D eigenvalue weighted by Gasteiger charge is -2.26. The highest BCUT2D eigenvalue weighted by Crippen LogP contribution is 2.37. The second-order valence-corrected chi connectivity index (χ2v) is 5.44. The Labute approximate surface area is 134 Å². The van der Waals surface area contributed by atoms with Gasteiger partial charge in [0.25, 0.3) is 0 Å². The van der Waals surface area contributed by atoms with Gasteiger partial charge in [0.2, 0.25) is 0 Å². The van der Waals surface area contributed by atoms with Crippen molar-refractivity contribution in [2.45, 2.75) is 45.1 Å². The molecular weight excluding hydrogens is 319 g/mol. The molecule has 1 fully saturated rings. The third-order valence-electron chi connectivity index (χ3n) is 3.36. The number of benzene rings is 1. The minimum Gasteiger partial charge on any atom is -0.491 e. The van der Waals surface area contributed by atoms with Crippen molar-refractivity contribution in [3.8, 4) is 11.5 Å². The number of nitrogens with one attached hydrogen (secondary N) is 1. The summed E-state index contributed by atoms with van der Waals surface area (Å²) in [7, 11) is 0. The van der Waals surface area contributed by atoms with E-state index in [0.29, 0.717) is 5.75 Å². The van der Waals surface area contributed by atoms with Crippen molar-refractivity contribution >= 4 is 12.4 Å². The van der Waals surface area contributed by atoms with E-state index in [4.69, 9.17) is 4.74 Å². The normalized spacial score (nSPS) is 16.3. The monoisotopic (exact) mass is 339 g/mol. The van der Waals surface area contributed by atoms with Gasteiger partial charge in [-0.15, -0.1) is 25.6 Å². The highest BCUT2D eigenvalue weighted by atomic mass is 35.5.